The first-order valence-corrected chi connectivity index (χ1v) is 6.05. The van der Waals surface area contributed by atoms with Gasteiger partial charge in [0.05, 0.1) is 11.4 Å². The van der Waals surface area contributed by atoms with E-state index in [1.54, 1.807) is 13.0 Å². The van der Waals surface area contributed by atoms with Crippen LogP contribution in [0.5, 0.6) is 0 Å². The zero-order chi connectivity index (χ0) is 14.0. The van der Waals surface area contributed by atoms with Crippen LogP contribution in [-0.4, -0.2) is 0 Å². The largest absolute Gasteiger partial charge is 0.397 e. The lowest BCUT2D eigenvalue weighted by atomic mass is 10.1. The lowest BCUT2D eigenvalue weighted by Gasteiger charge is -2.17. The molecule has 0 saturated heterocycles. The first-order chi connectivity index (χ1) is 8.97. The average molecular weight is 262 g/mol. The van der Waals surface area contributed by atoms with E-state index in [1.165, 1.54) is 24.3 Å². The predicted octanol–water partition coefficient (Wildman–Crippen LogP) is 4.03. The predicted molar refractivity (Wildman–Crippen MR) is 74.0 cm³/mol. The van der Waals surface area contributed by atoms with Crippen LogP contribution >= 0.6 is 0 Å². The van der Waals surface area contributed by atoms with Crippen LogP contribution in [0.15, 0.2) is 36.4 Å². The van der Waals surface area contributed by atoms with Gasteiger partial charge in [-0.15, -0.1) is 0 Å². The Bertz CT molecular complexity index is 597. The molecule has 2 nitrogen and oxygen atoms in total. The molecule has 0 aliphatic rings. The zero-order valence-corrected chi connectivity index (χ0v) is 10.9. The molecule has 0 amide bonds. The van der Waals surface area contributed by atoms with Gasteiger partial charge in [-0.2, -0.15) is 0 Å². The van der Waals surface area contributed by atoms with E-state index in [2.05, 4.69) is 5.32 Å². The highest BCUT2D eigenvalue weighted by Crippen LogP contribution is 2.25. The third kappa shape index (κ3) is 3.02. The van der Waals surface area contributed by atoms with Gasteiger partial charge in [0, 0.05) is 6.04 Å². The molecule has 0 saturated carbocycles. The summed E-state index contributed by atoms with van der Waals surface area (Å²) in [5.74, 6) is -0.614. The molecule has 0 radical (unpaired) electrons. The van der Waals surface area contributed by atoms with Gasteiger partial charge in [-0.05, 0) is 49.2 Å². The Hall–Kier alpha value is -2.10. The number of nitrogens with two attached hydrogens (primary N) is 1. The van der Waals surface area contributed by atoms with Crippen molar-refractivity contribution in [2.75, 3.05) is 11.1 Å². The first-order valence-electron chi connectivity index (χ1n) is 6.05. The SMILES string of the molecule is Cc1ccc(C(C)Nc2cc(F)ccc2N)cc1F. The maximum absolute atomic E-state index is 13.5. The van der Waals surface area contributed by atoms with Crippen LogP contribution in [0, 0.1) is 18.6 Å². The highest BCUT2D eigenvalue weighted by atomic mass is 19.1. The highest BCUT2D eigenvalue weighted by molar-refractivity contribution is 5.66. The summed E-state index contributed by atoms with van der Waals surface area (Å²) < 4.78 is 26.7. The molecule has 4 heteroatoms. The maximum Gasteiger partial charge on any atom is 0.126 e. The molecular formula is C15H16F2N2. The Morgan fingerprint density at radius 1 is 1.11 bits per heavy atom. The number of benzene rings is 2. The smallest absolute Gasteiger partial charge is 0.126 e. The summed E-state index contributed by atoms with van der Waals surface area (Å²) in [5.41, 5.74) is 8.12. The molecule has 2 aromatic rings. The molecule has 0 bridgehead atoms. The summed E-state index contributed by atoms with van der Waals surface area (Å²) in [4.78, 5) is 0. The van der Waals surface area contributed by atoms with Gasteiger partial charge in [-0.25, -0.2) is 8.78 Å². The van der Waals surface area contributed by atoms with Gasteiger partial charge in [0.15, 0.2) is 0 Å². The van der Waals surface area contributed by atoms with Crippen LogP contribution in [-0.2, 0) is 0 Å². The van der Waals surface area contributed by atoms with E-state index in [1.807, 2.05) is 13.0 Å². The van der Waals surface area contributed by atoms with Crippen LogP contribution < -0.4 is 11.1 Å². The van der Waals surface area contributed by atoms with Crippen molar-refractivity contribution >= 4 is 11.4 Å². The van der Waals surface area contributed by atoms with Crippen LogP contribution in [0.3, 0.4) is 0 Å². The molecule has 2 rings (SSSR count). The molecule has 100 valence electrons. The number of rotatable bonds is 3. The number of hydrogen-bond acceptors (Lipinski definition) is 2. The second-order valence-corrected chi connectivity index (χ2v) is 4.61. The molecular weight excluding hydrogens is 246 g/mol. The minimum absolute atomic E-state index is 0.167. The fraction of sp³-hybridized carbons (Fsp3) is 0.200. The fourth-order valence-corrected chi connectivity index (χ4v) is 1.85. The number of nitrogen functional groups attached to an aromatic ring is 1. The van der Waals surface area contributed by atoms with E-state index < -0.39 is 0 Å². The summed E-state index contributed by atoms with van der Waals surface area (Å²) in [7, 11) is 0. The van der Waals surface area contributed by atoms with Gasteiger partial charge in [0.2, 0.25) is 0 Å². The van der Waals surface area contributed by atoms with E-state index in [0.717, 1.165) is 5.56 Å². The van der Waals surface area contributed by atoms with Gasteiger partial charge < -0.3 is 11.1 Å². The molecule has 3 N–H and O–H groups in total. The lowest BCUT2D eigenvalue weighted by molar-refractivity contribution is 0.614. The van der Waals surface area contributed by atoms with Crippen LogP contribution in [0.4, 0.5) is 20.2 Å². The number of anilines is 2. The molecule has 0 heterocycles. The Labute approximate surface area is 111 Å². The molecule has 0 aromatic heterocycles. The summed E-state index contributed by atoms with van der Waals surface area (Å²) >= 11 is 0. The van der Waals surface area contributed by atoms with Crippen molar-refractivity contribution in [2.45, 2.75) is 19.9 Å². The van der Waals surface area contributed by atoms with E-state index in [0.29, 0.717) is 16.9 Å². The van der Waals surface area contributed by atoms with Crippen molar-refractivity contribution in [3.63, 3.8) is 0 Å². The van der Waals surface area contributed by atoms with E-state index >= 15 is 0 Å². The third-order valence-electron chi connectivity index (χ3n) is 3.08. The van der Waals surface area contributed by atoms with Crippen molar-refractivity contribution in [1.82, 2.24) is 0 Å². The molecule has 0 aliphatic heterocycles. The monoisotopic (exact) mass is 262 g/mol. The lowest BCUT2D eigenvalue weighted by Crippen LogP contribution is -2.09. The number of nitrogens with one attached hydrogen (secondary N) is 1. The van der Waals surface area contributed by atoms with Crippen LogP contribution in [0.25, 0.3) is 0 Å². The number of aryl methyl sites for hydroxylation is 1. The fourth-order valence-electron chi connectivity index (χ4n) is 1.85. The summed E-state index contributed by atoms with van der Waals surface area (Å²) in [5, 5.41) is 3.08. The summed E-state index contributed by atoms with van der Waals surface area (Å²) in [6.07, 6.45) is 0. The van der Waals surface area contributed by atoms with Gasteiger partial charge in [0.25, 0.3) is 0 Å². The minimum Gasteiger partial charge on any atom is -0.397 e. The van der Waals surface area contributed by atoms with Crippen LogP contribution in [0.1, 0.15) is 24.1 Å². The minimum atomic E-state index is -0.362. The maximum atomic E-state index is 13.5. The van der Waals surface area contributed by atoms with Crippen LogP contribution in [0.2, 0.25) is 0 Å². The Morgan fingerprint density at radius 3 is 2.53 bits per heavy atom. The van der Waals surface area contributed by atoms with Gasteiger partial charge in [-0.3, -0.25) is 0 Å². The molecule has 0 spiro atoms. The zero-order valence-electron chi connectivity index (χ0n) is 10.9. The van der Waals surface area contributed by atoms with Crippen molar-refractivity contribution in [3.05, 3.63) is 59.2 Å². The number of halogens is 2. The summed E-state index contributed by atoms with van der Waals surface area (Å²) in [6.45, 7) is 3.58. The van der Waals surface area contributed by atoms with E-state index in [-0.39, 0.29) is 17.7 Å². The molecule has 0 aliphatic carbocycles. The second kappa shape index (κ2) is 5.26. The average Bonchev–Trinajstić information content (AvgIpc) is 2.37. The molecule has 1 atom stereocenters. The Balaban J connectivity index is 2.22. The van der Waals surface area contributed by atoms with E-state index in [4.69, 9.17) is 5.73 Å². The third-order valence-corrected chi connectivity index (χ3v) is 3.08. The number of hydrogen-bond donors (Lipinski definition) is 2. The molecule has 0 fully saturated rings. The summed E-state index contributed by atoms with van der Waals surface area (Å²) in [6, 6.07) is 9.00. The molecule has 19 heavy (non-hydrogen) atoms. The van der Waals surface area contributed by atoms with Crippen molar-refractivity contribution in [1.29, 1.82) is 0 Å². The van der Waals surface area contributed by atoms with Gasteiger partial charge >= 0.3 is 0 Å². The van der Waals surface area contributed by atoms with E-state index in [9.17, 15) is 8.78 Å². The second-order valence-electron chi connectivity index (χ2n) is 4.61. The van der Waals surface area contributed by atoms with Gasteiger partial charge in [0.1, 0.15) is 11.6 Å². The quantitative estimate of drug-likeness (QED) is 0.820. The Morgan fingerprint density at radius 2 is 1.84 bits per heavy atom. The first kappa shape index (κ1) is 13.3. The van der Waals surface area contributed by atoms with Crippen molar-refractivity contribution < 1.29 is 8.78 Å². The normalized spacial score (nSPS) is 12.2. The topological polar surface area (TPSA) is 38.0 Å². The van der Waals surface area contributed by atoms with Crippen molar-refractivity contribution in [2.24, 2.45) is 0 Å². The molecule has 1 unspecified atom stereocenters. The standard InChI is InChI=1S/C15H16F2N2/c1-9-3-4-11(7-13(9)17)10(2)19-15-8-12(16)5-6-14(15)18/h3-8,10,19H,18H2,1-2H3. The van der Waals surface area contributed by atoms with Crippen molar-refractivity contribution in [3.8, 4) is 0 Å². The molecule has 2 aromatic carbocycles. The highest BCUT2D eigenvalue weighted by Gasteiger charge is 2.10. The Kier molecular flexibility index (Phi) is 3.69. The van der Waals surface area contributed by atoms with Gasteiger partial charge in [-0.1, -0.05) is 12.1 Å².